The molecule has 0 saturated heterocycles. The zero-order chi connectivity index (χ0) is 10.8. The van der Waals surface area contributed by atoms with Gasteiger partial charge in [0.25, 0.3) is 0 Å². The van der Waals surface area contributed by atoms with Gasteiger partial charge in [-0.25, -0.2) is 0 Å². The van der Waals surface area contributed by atoms with E-state index in [1.807, 2.05) is 6.08 Å². The van der Waals surface area contributed by atoms with Gasteiger partial charge in [0.2, 0.25) is 0 Å². The van der Waals surface area contributed by atoms with Crippen LogP contribution >= 0.6 is 0 Å². The Bertz CT molecular complexity index is 155. The summed E-state index contributed by atoms with van der Waals surface area (Å²) in [5.74, 6) is 0.711. The third-order valence-electron chi connectivity index (χ3n) is 2.89. The lowest BCUT2D eigenvalue weighted by Crippen LogP contribution is -1.94. The molecule has 0 aromatic heterocycles. The van der Waals surface area contributed by atoms with Crippen molar-refractivity contribution in [2.45, 2.75) is 58.8 Å². The Kier molecular flexibility index (Phi) is 8.72. The Balaban J connectivity index is 3.13. The normalized spacial score (nSPS) is 12.4. The van der Waals surface area contributed by atoms with E-state index in [0.29, 0.717) is 5.92 Å². The molecule has 0 saturated carbocycles. The first-order valence-corrected chi connectivity index (χ1v) is 5.94. The highest BCUT2D eigenvalue weighted by Crippen LogP contribution is 2.16. The second-order valence-corrected chi connectivity index (χ2v) is 4.38. The maximum absolute atomic E-state index is 3.98. The van der Waals surface area contributed by atoms with Crippen molar-refractivity contribution in [2.24, 2.45) is 5.92 Å². The summed E-state index contributed by atoms with van der Waals surface area (Å²) < 4.78 is 0. The van der Waals surface area contributed by atoms with E-state index in [2.05, 4.69) is 27.0 Å². The third-order valence-corrected chi connectivity index (χ3v) is 2.89. The van der Waals surface area contributed by atoms with E-state index in [1.165, 1.54) is 50.5 Å². The molecule has 82 valence electrons. The molecule has 0 aliphatic rings. The van der Waals surface area contributed by atoms with Gasteiger partial charge >= 0.3 is 0 Å². The lowest BCUT2D eigenvalue weighted by molar-refractivity contribution is 0.532. The smallest absolute Gasteiger partial charge is 0.0237 e. The van der Waals surface area contributed by atoms with Gasteiger partial charge in [0.1, 0.15) is 0 Å². The molecule has 0 aliphatic heterocycles. The molecule has 0 N–H and O–H groups in total. The molecule has 14 heavy (non-hydrogen) atoms. The summed E-state index contributed by atoms with van der Waals surface area (Å²) in [4.78, 5) is 0. The Labute approximate surface area is 90.1 Å². The van der Waals surface area contributed by atoms with Gasteiger partial charge in [-0.05, 0) is 32.1 Å². The fourth-order valence-corrected chi connectivity index (χ4v) is 1.52. The Hall–Kier alpha value is -0.520. The van der Waals surface area contributed by atoms with Gasteiger partial charge in [0, 0.05) is 0 Å². The van der Waals surface area contributed by atoms with Crippen molar-refractivity contribution >= 4 is 0 Å². The van der Waals surface area contributed by atoms with E-state index >= 15 is 0 Å². The van der Waals surface area contributed by atoms with E-state index in [9.17, 15) is 0 Å². The maximum atomic E-state index is 3.98. The molecule has 0 heteroatoms. The van der Waals surface area contributed by atoms with Crippen LogP contribution < -0.4 is 0 Å². The molecule has 0 radical (unpaired) electrons. The number of hydrogen-bond acceptors (Lipinski definition) is 0. The van der Waals surface area contributed by atoms with E-state index in [-0.39, 0.29) is 0 Å². The Morgan fingerprint density at radius 3 is 2.29 bits per heavy atom. The van der Waals surface area contributed by atoms with Crippen LogP contribution in [-0.2, 0) is 0 Å². The Morgan fingerprint density at radius 1 is 1.14 bits per heavy atom. The first-order valence-electron chi connectivity index (χ1n) is 5.94. The van der Waals surface area contributed by atoms with Gasteiger partial charge in [0.15, 0.2) is 0 Å². The Morgan fingerprint density at radius 2 is 1.71 bits per heavy atom. The van der Waals surface area contributed by atoms with Crippen LogP contribution in [0.3, 0.4) is 0 Å². The number of allylic oxidation sites excluding steroid dienone is 2. The number of hydrogen-bond donors (Lipinski definition) is 0. The van der Waals surface area contributed by atoms with E-state index < -0.39 is 0 Å². The quantitative estimate of drug-likeness (QED) is 0.353. The molecule has 1 atom stereocenters. The predicted molar refractivity (Wildman–Crippen MR) is 66.5 cm³/mol. The van der Waals surface area contributed by atoms with Crippen molar-refractivity contribution in [1.82, 2.24) is 0 Å². The standard InChI is InChI=1S/C14H26/c1-5-6-7-8-9-10-11-12-14(4)13(2)3/h5,14H,1-2,6-12H2,3-4H3. The molecule has 0 aliphatic carbocycles. The summed E-state index contributed by atoms with van der Waals surface area (Å²) in [6.45, 7) is 12.1. The summed E-state index contributed by atoms with van der Waals surface area (Å²) in [6.07, 6.45) is 11.3. The van der Waals surface area contributed by atoms with Crippen molar-refractivity contribution < 1.29 is 0 Å². The maximum Gasteiger partial charge on any atom is -0.0237 e. The zero-order valence-electron chi connectivity index (χ0n) is 10.0. The van der Waals surface area contributed by atoms with Crippen molar-refractivity contribution in [2.75, 3.05) is 0 Å². The number of unbranched alkanes of at least 4 members (excludes halogenated alkanes) is 5. The average molecular weight is 194 g/mol. The molecule has 0 nitrogen and oxygen atoms in total. The van der Waals surface area contributed by atoms with Gasteiger partial charge < -0.3 is 0 Å². The molecular weight excluding hydrogens is 168 g/mol. The van der Waals surface area contributed by atoms with Crippen LogP contribution in [0.1, 0.15) is 58.8 Å². The van der Waals surface area contributed by atoms with Crippen LogP contribution in [-0.4, -0.2) is 0 Å². The summed E-state index contributed by atoms with van der Waals surface area (Å²) in [5.41, 5.74) is 1.33. The fraction of sp³-hybridized carbons (Fsp3) is 0.714. The highest BCUT2D eigenvalue weighted by atomic mass is 14.1. The second kappa shape index (κ2) is 9.05. The molecule has 0 aromatic carbocycles. The third kappa shape index (κ3) is 8.10. The molecule has 1 unspecified atom stereocenters. The molecule has 0 amide bonds. The summed E-state index contributed by atoms with van der Waals surface area (Å²) in [5, 5.41) is 0. The summed E-state index contributed by atoms with van der Waals surface area (Å²) >= 11 is 0. The SMILES string of the molecule is C=CCCCCCCCC(C)C(=C)C. The second-order valence-electron chi connectivity index (χ2n) is 4.38. The minimum atomic E-state index is 0.711. The molecule has 0 rings (SSSR count). The minimum absolute atomic E-state index is 0.711. The summed E-state index contributed by atoms with van der Waals surface area (Å²) in [7, 11) is 0. The molecule has 0 spiro atoms. The lowest BCUT2D eigenvalue weighted by atomic mass is 9.97. The summed E-state index contributed by atoms with van der Waals surface area (Å²) in [6, 6.07) is 0. The van der Waals surface area contributed by atoms with Crippen molar-refractivity contribution in [1.29, 1.82) is 0 Å². The highest BCUT2D eigenvalue weighted by Gasteiger charge is 2.01. The van der Waals surface area contributed by atoms with Gasteiger partial charge in [0.05, 0.1) is 0 Å². The van der Waals surface area contributed by atoms with Gasteiger partial charge in [-0.15, -0.1) is 6.58 Å². The highest BCUT2D eigenvalue weighted by molar-refractivity contribution is 4.93. The molecule has 0 aromatic rings. The van der Waals surface area contributed by atoms with Crippen LogP contribution in [0.15, 0.2) is 24.8 Å². The van der Waals surface area contributed by atoms with Crippen LogP contribution in [0.4, 0.5) is 0 Å². The lowest BCUT2D eigenvalue weighted by Gasteiger charge is -2.09. The van der Waals surface area contributed by atoms with E-state index in [4.69, 9.17) is 0 Å². The molecule has 0 bridgehead atoms. The topological polar surface area (TPSA) is 0 Å². The predicted octanol–water partition coefficient (Wildman–Crippen LogP) is 5.12. The van der Waals surface area contributed by atoms with Crippen LogP contribution in [0.25, 0.3) is 0 Å². The van der Waals surface area contributed by atoms with Gasteiger partial charge in [-0.3, -0.25) is 0 Å². The average Bonchev–Trinajstić information content (AvgIpc) is 2.16. The van der Waals surface area contributed by atoms with Gasteiger partial charge in [-0.1, -0.05) is 50.8 Å². The molecule has 0 fully saturated rings. The fourth-order valence-electron chi connectivity index (χ4n) is 1.52. The van der Waals surface area contributed by atoms with Crippen LogP contribution in [0.5, 0.6) is 0 Å². The van der Waals surface area contributed by atoms with E-state index in [1.54, 1.807) is 0 Å². The first kappa shape index (κ1) is 13.5. The first-order chi connectivity index (χ1) is 6.68. The van der Waals surface area contributed by atoms with Crippen LogP contribution in [0, 0.1) is 5.92 Å². The zero-order valence-corrected chi connectivity index (χ0v) is 10.0. The van der Waals surface area contributed by atoms with E-state index in [0.717, 1.165) is 0 Å². The van der Waals surface area contributed by atoms with Crippen molar-refractivity contribution in [3.8, 4) is 0 Å². The largest absolute Gasteiger partial charge is 0.103 e. The van der Waals surface area contributed by atoms with Gasteiger partial charge in [-0.2, -0.15) is 0 Å². The van der Waals surface area contributed by atoms with Crippen molar-refractivity contribution in [3.05, 3.63) is 24.8 Å². The minimum Gasteiger partial charge on any atom is -0.103 e. The number of rotatable bonds is 9. The molecular formula is C14H26. The molecule has 0 heterocycles. The van der Waals surface area contributed by atoms with Crippen LogP contribution in [0.2, 0.25) is 0 Å². The van der Waals surface area contributed by atoms with Crippen molar-refractivity contribution in [3.63, 3.8) is 0 Å². The monoisotopic (exact) mass is 194 g/mol.